The second kappa shape index (κ2) is 6.75. The summed E-state index contributed by atoms with van der Waals surface area (Å²) in [5, 5.41) is 4.33. The zero-order valence-electron chi connectivity index (χ0n) is 13.0. The van der Waals surface area contributed by atoms with E-state index < -0.39 is 0 Å². The van der Waals surface area contributed by atoms with Crippen molar-refractivity contribution in [3.63, 3.8) is 0 Å². The summed E-state index contributed by atoms with van der Waals surface area (Å²) in [6.45, 7) is 6.65. The molecule has 3 aromatic rings. The molecule has 0 bridgehead atoms. The number of furan rings is 1. The molecule has 22 heavy (non-hydrogen) atoms. The molecular formula is C17H21N3O2. The van der Waals surface area contributed by atoms with Gasteiger partial charge in [0.25, 0.3) is 0 Å². The third kappa shape index (κ3) is 3.20. The van der Waals surface area contributed by atoms with Crippen LogP contribution >= 0.6 is 0 Å². The van der Waals surface area contributed by atoms with E-state index in [1.165, 1.54) is 0 Å². The highest BCUT2D eigenvalue weighted by Gasteiger charge is 2.12. The molecule has 5 nitrogen and oxygen atoms in total. The van der Waals surface area contributed by atoms with E-state index in [2.05, 4.69) is 29.1 Å². The normalized spacial score (nSPS) is 11.6. The second-order valence-corrected chi connectivity index (χ2v) is 5.75. The molecule has 0 unspecified atom stereocenters. The van der Waals surface area contributed by atoms with Crippen LogP contribution in [0.25, 0.3) is 22.1 Å². The summed E-state index contributed by atoms with van der Waals surface area (Å²) in [6, 6.07) is 7.90. The zero-order chi connectivity index (χ0) is 15.4. The van der Waals surface area contributed by atoms with Gasteiger partial charge >= 0.3 is 0 Å². The molecule has 0 spiro atoms. The number of aromatic nitrogens is 2. The number of ether oxygens (including phenoxy) is 1. The Bertz CT molecular complexity index is 752. The highest BCUT2D eigenvalue weighted by atomic mass is 16.5. The van der Waals surface area contributed by atoms with E-state index >= 15 is 0 Å². The number of rotatable bonds is 7. The fraction of sp³-hybridized carbons (Fsp3) is 0.412. The quantitative estimate of drug-likeness (QED) is 0.671. The minimum atomic E-state index is 0.574. The monoisotopic (exact) mass is 299 g/mol. The predicted octanol–water partition coefficient (Wildman–Crippen LogP) is 3.85. The van der Waals surface area contributed by atoms with Gasteiger partial charge in [-0.2, -0.15) is 0 Å². The lowest BCUT2D eigenvalue weighted by molar-refractivity contribution is 0.110. The molecule has 0 radical (unpaired) electrons. The highest BCUT2D eigenvalue weighted by molar-refractivity contribution is 6.05. The Kier molecular flexibility index (Phi) is 4.53. The fourth-order valence-electron chi connectivity index (χ4n) is 2.35. The number of para-hydroxylation sites is 1. The Morgan fingerprint density at radius 2 is 2.09 bits per heavy atom. The van der Waals surface area contributed by atoms with Gasteiger partial charge in [-0.25, -0.2) is 9.97 Å². The summed E-state index contributed by atoms with van der Waals surface area (Å²) >= 11 is 0. The molecular weight excluding hydrogens is 278 g/mol. The molecule has 0 aliphatic heterocycles. The van der Waals surface area contributed by atoms with Crippen LogP contribution in [-0.2, 0) is 4.74 Å². The third-order valence-electron chi connectivity index (χ3n) is 3.37. The van der Waals surface area contributed by atoms with E-state index in [4.69, 9.17) is 9.15 Å². The van der Waals surface area contributed by atoms with Gasteiger partial charge in [0.05, 0.1) is 0 Å². The fourth-order valence-corrected chi connectivity index (χ4v) is 2.35. The van der Waals surface area contributed by atoms with Crippen molar-refractivity contribution in [2.45, 2.75) is 20.3 Å². The van der Waals surface area contributed by atoms with Gasteiger partial charge in [0, 0.05) is 25.1 Å². The number of nitrogens with one attached hydrogen (secondary N) is 1. The summed E-state index contributed by atoms with van der Waals surface area (Å²) in [7, 11) is 0. The van der Waals surface area contributed by atoms with Crippen LogP contribution in [-0.4, -0.2) is 29.7 Å². The lowest BCUT2D eigenvalue weighted by Gasteiger charge is -2.08. The summed E-state index contributed by atoms with van der Waals surface area (Å²) in [5.74, 6) is 1.31. The minimum Gasteiger partial charge on any atom is -0.450 e. The van der Waals surface area contributed by atoms with Crippen molar-refractivity contribution in [2.75, 3.05) is 25.1 Å². The Morgan fingerprint density at radius 1 is 1.23 bits per heavy atom. The van der Waals surface area contributed by atoms with Crippen molar-refractivity contribution in [1.29, 1.82) is 0 Å². The maximum absolute atomic E-state index is 5.87. The van der Waals surface area contributed by atoms with E-state index in [1.807, 2.05) is 24.3 Å². The Hall–Kier alpha value is -2.14. The number of hydrogen-bond donors (Lipinski definition) is 1. The van der Waals surface area contributed by atoms with E-state index in [-0.39, 0.29) is 0 Å². The van der Waals surface area contributed by atoms with E-state index in [9.17, 15) is 0 Å². The minimum absolute atomic E-state index is 0.574. The first kappa shape index (κ1) is 14.8. The number of hydrogen-bond acceptors (Lipinski definition) is 5. The van der Waals surface area contributed by atoms with Crippen molar-refractivity contribution >= 4 is 27.9 Å². The summed E-state index contributed by atoms with van der Waals surface area (Å²) in [5.41, 5.74) is 2.40. The van der Waals surface area contributed by atoms with Crippen molar-refractivity contribution < 1.29 is 9.15 Å². The average Bonchev–Trinajstić information content (AvgIpc) is 2.90. The molecule has 0 atom stereocenters. The predicted molar refractivity (Wildman–Crippen MR) is 88.1 cm³/mol. The van der Waals surface area contributed by atoms with Gasteiger partial charge < -0.3 is 14.5 Å². The van der Waals surface area contributed by atoms with Crippen LogP contribution in [0.1, 0.15) is 20.3 Å². The topological polar surface area (TPSA) is 60.2 Å². The van der Waals surface area contributed by atoms with Gasteiger partial charge in [-0.3, -0.25) is 0 Å². The number of benzene rings is 1. The van der Waals surface area contributed by atoms with Gasteiger partial charge in [-0.15, -0.1) is 0 Å². The van der Waals surface area contributed by atoms with Gasteiger partial charge in [0.1, 0.15) is 17.4 Å². The van der Waals surface area contributed by atoms with Crippen LogP contribution in [0, 0.1) is 5.92 Å². The SMILES string of the molecule is CC(C)COCCCNc1ncnc2c1oc1ccccc12. The molecule has 0 fully saturated rings. The van der Waals surface area contributed by atoms with E-state index in [0.717, 1.165) is 48.5 Å². The van der Waals surface area contributed by atoms with Crippen LogP contribution in [0.5, 0.6) is 0 Å². The smallest absolute Gasteiger partial charge is 0.196 e. The number of fused-ring (bicyclic) bond motifs is 3. The molecule has 116 valence electrons. The van der Waals surface area contributed by atoms with E-state index in [0.29, 0.717) is 11.5 Å². The van der Waals surface area contributed by atoms with Gasteiger partial charge in [-0.1, -0.05) is 26.0 Å². The first-order valence-electron chi connectivity index (χ1n) is 7.69. The number of anilines is 1. The molecule has 0 saturated carbocycles. The molecule has 5 heteroatoms. The van der Waals surface area contributed by atoms with Crippen molar-refractivity contribution in [3.8, 4) is 0 Å². The Morgan fingerprint density at radius 3 is 2.95 bits per heavy atom. The second-order valence-electron chi connectivity index (χ2n) is 5.75. The van der Waals surface area contributed by atoms with Crippen LogP contribution < -0.4 is 5.32 Å². The summed E-state index contributed by atoms with van der Waals surface area (Å²) < 4.78 is 11.4. The molecule has 0 saturated heterocycles. The Labute approximate surface area is 129 Å². The first-order chi connectivity index (χ1) is 10.8. The molecule has 1 N–H and O–H groups in total. The largest absolute Gasteiger partial charge is 0.450 e. The zero-order valence-corrected chi connectivity index (χ0v) is 13.0. The average molecular weight is 299 g/mol. The van der Waals surface area contributed by atoms with E-state index in [1.54, 1.807) is 6.33 Å². The molecule has 0 aliphatic rings. The number of nitrogens with zero attached hydrogens (tertiary/aromatic N) is 2. The van der Waals surface area contributed by atoms with Crippen LogP contribution in [0.2, 0.25) is 0 Å². The third-order valence-corrected chi connectivity index (χ3v) is 3.37. The lowest BCUT2D eigenvalue weighted by atomic mass is 10.2. The summed E-state index contributed by atoms with van der Waals surface area (Å²) in [6.07, 6.45) is 2.50. The Balaban J connectivity index is 1.67. The molecule has 2 aromatic heterocycles. The standard InChI is InChI=1S/C17H21N3O2/c1-12(2)10-21-9-5-8-18-17-16-15(19-11-20-17)13-6-3-4-7-14(13)22-16/h3-4,6-7,11-12H,5,8-10H2,1-2H3,(H,18,19,20). The highest BCUT2D eigenvalue weighted by Crippen LogP contribution is 2.30. The van der Waals surface area contributed by atoms with Crippen molar-refractivity contribution in [1.82, 2.24) is 9.97 Å². The van der Waals surface area contributed by atoms with Gasteiger partial charge in [-0.05, 0) is 24.5 Å². The maximum Gasteiger partial charge on any atom is 0.196 e. The van der Waals surface area contributed by atoms with Crippen molar-refractivity contribution in [2.24, 2.45) is 5.92 Å². The maximum atomic E-state index is 5.87. The lowest BCUT2D eigenvalue weighted by Crippen LogP contribution is -2.09. The molecule has 3 rings (SSSR count). The van der Waals surface area contributed by atoms with Crippen LogP contribution in [0.3, 0.4) is 0 Å². The van der Waals surface area contributed by atoms with Crippen LogP contribution in [0.4, 0.5) is 5.82 Å². The summed E-state index contributed by atoms with van der Waals surface area (Å²) in [4.78, 5) is 8.63. The van der Waals surface area contributed by atoms with Gasteiger partial charge in [0.15, 0.2) is 11.4 Å². The van der Waals surface area contributed by atoms with Gasteiger partial charge in [0.2, 0.25) is 0 Å². The molecule has 0 aliphatic carbocycles. The van der Waals surface area contributed by atoms with Crippen molar-refractivity contribution in [3.05, 3.63) is 30.6 Å². The molecule has 0 amide bonds. The van der Waals surface area contributed by atoms with Crippen LogP contribution in [0.15, 0.2) is 35.0 Å². The molecule has 1 aromatic carbocycles. The first-order valence-corrected chi connectivity index (χ1v) is 7.69. The molecule has 2 heterocycles.